The predicted molar refractivity (Wildman–Crippen MR) is 97.1 cm³/mol. The molecule has 0 bridgehead atoms. The fourth-order valence-corrected chi connectivity index (χ4v) is 4.82. The first-order chi connectivity index (χ1) is 12.9. The fraction of sp³-hybridized carbons (Fsp3) is 0.556. The van der Waals surface area contributed by atoms with Crippen molar-refractivity contribution >= 4 is 32.6 Å². The molecule has 1 saturated heterocycles. The van der Waals surface area contributed by atoms with E-state index in [9.17, 15) is 18.0 Å². The smallest absolute Gasteiger partial charge is 0.406 e. The van der Waals surface area contributed by atoms with Gasteiger partial charge in [0.25, 0.3) is 0 Å². The second kappa shape index (κ2) is 7.18. The summed E-state index contributed by atoms with van der Waals surface area (Å²) in [7, 11) is 0. The number of rotatable bonds is 3. The molecule has 1 aromatic heterocycles. The molecule has 2 aromatic rings. The van der Waals surface area contributed by atoms with E-state index in [2.05, 4.69) is 14.6 Å². The lowest BCUT2D eigenvalue weighted by molar-refractivity contribution is -0.274. The van der Waals surface area contributed by atoms with Crippen LogP contribution in [0, 0.1) is 5.92 Å². The highest BCUT2D eigenvalue weighted by atomic mass is 32.1. The summed E-state index contributed by atoms with van der Waals surface area (Å²) in [4.78, 5) is 21.1. The maximum absolute atomic E-state index is 12.5. The van der Waals surface area contributed by atoms with E-state index in [0.29, 0.717) is 36.4 Å². The Morgan fingerprint density at radius 3 is 2.52 bits per heavy atom. The first-order valence-electron chi connectivity index (χ1n) is 9.09. The number of fused-ring (bicyclic) bond motifs is 1. The van der Waals surface area contributed by atoms with E-state index in [1.54, 1.807) is 0 Å². The maximum atomic E-state index is 12.5. The zero-order valence-electron chi connectivity index (χ0n) is 14.7. The van der Waals surface area contributed by atoms with Crippen molar-refractivity contribution in [3.05, 3.63) is 18.2 Å². The number of benzene rings is 1. The zero-order valence-corrected chi connectivity index (χ0v) is 15.5. The van der Waals surface area contributed by atoms with Crippen molar-refractivity contribution in [2.75, 3.05) is 31.1 Å². The largest absolute Gasteiger partial charge is 0.573 e. The molecule has 1 aliphatic heterocycles. The van der Waals surface area contributed by atoms with Crippen LogP contribution in [0.3, 0.4) is 0 Å². The molecular formula is C18H20F3N3O2S. The van der Waals surface area contributed by atoms with Crippen LogP contribution >= 0.6 is 11.3 Å². The third-order valence-corrected chi connectivity index (χ3v) is 6.23. The summed E-state index contributed by atoms with van der Waals surface area (Å²) in [5, 5.41) is 0.766. The Kier molecular flexibility index (Phi) is 4.88. The van der Waals surface area contributed by atoms with Crippen molar-refractivity contribution in [2.45, 2.75) is 32.0 Å². The molecule has 4 rings (SSSR count). The molecule has 2 aliphatic rings. The minimum absolute atomic E-state index is 0.186. The number of anilines is 1. The summed E-state index contributed by atoms with van der Waals surface area (Å²) >= 11 is 1.34. The van der Waals surface area contributed by atoms with Gasteiger partial charge in [0.2, 0.25) is 5.91 Å². The van der Waals surface area contributed by atoms with Gasteiger partial charge in [-0.15, -0.1) is 13.2 Å². The quantitative estimate of drug-likeness (QED) is 0.782. The Morgan fingerprint density at radius 2 is 1.85 bits per heavy atom. The first-order valence-corrected chi connectivity index (χ1v) is 9.91. The highest BCUT2D eigenvalue weighted by molar-refractivity contribution is 7.22. The predicted octanol–water partition coefficient (Wildman–Crippen LogP) is 4.03. The van der Waals surface area contributed by atoms with E-state index in [1.165, 1.54) is 29.5 Å². The number of halogens is 3. The van der Waals surface area contributed by atoms with Gasteiger partial charge in [-0.25, -0.2) is 4.98 Å². The van der Waals surface area contributed by atoms with Gasteiger partial charge in [0.15, 0.2) is 5.13 Å². The number of carbonyl (C=O) groups excluding carboxylic acids is 1. The second-order valence-corrected chi connectivity index (χ2v) is 7.98. The first kappa shape index (κ1) is 18.3. The van der Waals surface area contributed by atoms with Crippen LogP contribution < -0.4 is 9.64 Å². The van der Waals surface area contributed by atoms with Crippen molar-refractivity contribution in [2.24, 2.45) is 5.92 Å². The number of hydrogen-bond acceptors (Lipinski definition) is 5. The molecule has 2 fully saturated rings. The van der Waals surface area contributed by atoms with Crippen LogP contribution in [0.15, 0.2) is 18.2 Å². The van der Waals surface area contributed by atoms with Crippen molar-refractivity contribution in [1.82, 2.24) is 9.88 Å². The zero-order chi connectivity index (χ0) is 19.0. The Bertz CT molecular complexity index is 825. The molecule has 9 heteroatoms. The standard InChI is InChI=1S/C18H20F3N3O2S/c19-18(20,21)26-13-5-6-14-15(11-13)27-17(22-14)24-9-7-23(8-10-24)16(25)12-3-1-2-4-12/h5-6,11-12H,1-4,7-10H2. The third kappa shape index (κ3) is 4.12. The highest BCUT2D eigenvalue weighted by Gasteiger charge is 2.32. The molecule has 0 atom stereocenters. The molecule has 1 aromatic carbocycles. The molecule has 146 valence electrons. The van der Waals surface area contributed by atoms with Gasteiger partial charge < -0.3 is 14.5 Å². The normalized spacial score (nSPS) is 19.1. The van der Waals surface area contributed by atoms with Gasteiger partial charge in [0.1, 0.15) is 5.75 Å². The van der Waals surface area contributed by atoms with E-state index in [-0.39, 0.29) is 17.6 Å². The number of ether oxygens (including phenoxy) is 1. The van der Waals surface area contributed by atoms with Gasteiger partial charge in [-0.05, 0) is 25.0 Å². The summed E-state index contributed by atoms with van der Waals surface area (Å²) in [5.41, 5.74) is 0.647. The molecule has 0 N–H and O–H groups in total. The number of amides is 1. The monoisotopic (exact) mass is 399 g/mol. The summed E-state index contributed by atoms with van der Waals surface area (Å²) in [6.07, 6.45) is -0.424. The van der Waals surface area contributed by atoms with Crippen molar-refractivity contribution < 1.29 is 22.7 Å². The lowest BCUT2D eigenvalue weighted by Crippen LogP contribution is -2.50. The van der Waals surface area contributed by atoms with Gasteiger partial charge in [-0.1, -0.05) is 24.2 Å². The Morgan fingerprint density at radius 1 is 1.15 bits per heavy atom. The van der Waals surface area contributed by atoms with Gasteiger partial charge in [-0.3, -0.25) is 4.79 Å². The molecule has 1 saturated carbocycles. The highest BCUT2D eigenvalue weighted by Crippen LogP contribution is 2.34. The van der Waals surface area contributed by atoms with Crippen molar-refractivity contribution in [3.8, 4) is 5.75 Å². The summed E-state index contributed by atoms with van der Waals surface area (Å²) < 4.78 is 41.8. The Labute approximate surface area is 158 Å². The summed E-state index contributed by atoms with van der Waals surface area (Å²) in [6.45, 7) is 2.69. The van der Waals surface area contributed by atoms with Crippen LogP contribution in [0.1, 0.15) is 25.7 Å². The minimum Gasteiger partial charge on any atom is -0.406 e. The van der Waals surface area contributed by atoms with Crippen LogP contribution in [0.4, 0.5) is 18.3 Å². The van der Waals surface area contributed by atoms with Crippen molar-refractivity contribution in [1.29, 1.82) is 0 Å². The van der Waals surface area contributed by atoms with Crippen LogP contribution in [0.25, 0.3) is 10.2 Å². The lowest BCUT2D eigenvalue weighted by atomic mass is 10.1. The van der Waals surface area contributed by atoms with Crippen LogP contribution in [-0.4, -0.2) is 48.3 Å². The molecule has 2 heterocycles. The maximum Gasteiger partial charge on any atom is 0.573 e. The van der Waals surface area contributed by atoms with E-state index in [4.69, 9.17) is 0 Å². The SMILES string of the molecule is O=C(C1CCCC1)N1CCN(c2nc3ccc(OC(F)(F)F)cc3s2)CC1. The van der Waals surface area contributed by atoms with Gasteiger partial charge >= 0.3 is 6.36 Å². The van der Waals surface area contributed by atoms with E-state index in [0.717, 1.165) is 30.8 Å². The minimum atomic E-state index is -4.70. The summed E-state index contributed by atoms with van der Waals surface area (Å²) in [5.74, 6) is 0.216. The van der Waals surface area contributed by atoms with Gasteiger partial charge in [-0.2, -0.15) is 0 Å². The lowest BCUT2D eigenvalue weighted by Gasteiger charge is -2.35. The summed E-state index contributed by atoms with van der Waals surface area (Å²) in [6, 6.07) is 4.18. The van der Waals surface area contributed by atoms with Crippen LogP contribution in [0.2, 0.25) is 0 Å². The number of nitrogens with zero attached hydrogens (tertiary/aromatic N) is 3. The number of alkyl halides is 3. The average Bonchev–Trinajstić information content (AvgIpc) is 3.29. The number of aromatic nitrogens is 1. The number of thiazole rings is 1. The van der Waals surface area contributed by atoms with E-state index in [1.807, 2.05) is 4.90 Å². The molecule has 1 amide bonds. The van der Waals surface area contributed by atoms with E-state index >= 15 is 0 Å². The van der Waals surface area contributed by atoms with Gasteiger partial charge in [0.05, 0.1) is 10.2 Å². The van der Waals surface area contributed by atoms with E-state index < -0.39 is 6.36 Å². The topological polar surface area (TPSA) is 45.7 Å². The molecule has 0 spiro atoms. The molecule has 0 radical (unpaired) electrons. The molecule has 1 aliphatic carbocycles. The second-order valence-electron chi connectivity index (χ2n) is 6.97. The van der Waals surface area contributed by atoms with Crippen molar-refractivity contribution in [3.63, 3.8) is 0 Å². The van der Waals surface area contributed by atoms with Crippen LogP contribution in [0.5, 0.6) is 5.75 Å². The number of piperazine rings is 1. The van der Waals surface area contributed by atoms with Gasteiger partial charge in [0, 0.05) is 38.2 Å². The Balaban J connectivity index is 1.42. The number of carbonyl (C=O) groups is 1. The molecule has 0 unspecified atom stereocenters. The molecule has 5 nitrogen and oxygen atoms in total. The number of hydrogen-bond donors (Lipinski definition) is 0. The molecular weight excluding hydrogens is 379 g/mol. The molecule has 27 heavy (non-hydrogen) atoms. The van der Waals surface area contributed by atoms with Crippen LogP contribution in [-0.2, 0) is 4.79 Å². The third-order valence-electron chi connectivity index (χ3n) is 5.15. The fourth-order valence-electron chi connectivity index (χ4n) is 3.77. The average molecular weight is 399 g/mol. The Hall–Kier alpha value is -2.03.